The van der Waals surface area contributed by atoms with E-state index in [4.69, 9.17) is 0 Å². The number of thiazole rings is 1. The second-order valence-electron chi connectivity index (χ2n) is 6.60. The maximum absolute atomic E-state index is 12.3. The summed E-state index contributed by atoms with van der Waals surface area (Å²) in [7, 11) is 0. The number of hydrogen-bond donors (Lipinski definition) is 2. The zero-order valence-corrected chi connectivity index (χ0v) is 16.8. The predicted molar refractivity (Wildman–Crippen MR) is 115 cm³/mol. The third-order valence-electron chi connectivity index (χ3n) is 4.11. The number of benzene rings is 2. The zero-order chi connectivity index (χ0) is 19.9. The summed E-state index contributed by atoms with van der Waals surface area (Å²) in [6, 6.07) is 15.3. The molecule has 3 aromatic rings. The molecule has 2 aromatic carbocycles. The minimum atomic E-state index is -0.0829. The molecule has 0 saturated heterocycles. The molecule has 0 fully saturated rings. The molecule has 0 unspecified atom stereocenters. The van der Waals surface area contributed by atoms with Crippen molar-refractivity contribution in [3.63, 3.8) is 0 Å². The van der Waals surface area contributed by atoms with Crippen LogP contribution in [0.15, 0.2) is 53.9 Å². The van der Waals surface area contributed by atoms with Crippen LogP contribution in [0.5, 0.6) is 0 Å². The second-order valence-corrected chi connectivity index (χ2v) is 7.54. The number of nitrogens with zero attached hydrogens (tertiary/aromatic N) is 1. The number of hydrogen-bond acceptors (Lipinski definition) is 4. The van der Waals surface area contributed by atoms with Crippen molar-refractivity contribution in [2.45, 2.75) is 33.1 Å². The number of aromatic nitrogens is 1. The van der Waals surface area contributed by atoms with Gasteiger partial charge in [0, 0.05) is 28.7 Å². The first-order valence-corrected chi connectivity index (χ1v) is 10.1. The fourth-order valence-electron chi connectivity index (χ4n) is 2.76. The summed E-state index contributed by atoms with van der Waals surface area (Å²) in [5.74, 6) is -0.0636. The van der Waals surface area contributed by atoms with E-state index in [0.29, 0.717) is 6.42 Å². The molecule has 2 N–H and O–H groups in total. The van der Waals surface area contributed by atoms with Crippen molar-refractivity contribution in [1.29, 1.82) is 0 Å². The Balaban J connectivity index is 1.60. The monoisotopic (exact) mass is 393 g/mol. The Bertz CT molecular complexity index is 964. The molecule has 0 aliphatic rings. The molecule has 0 atom stereocenters. The number of rotatable bonds is 7. The molecule has 6 heteroatoms. The third-order valence-corrected chi connectivity index (χ3v) is 4.96. The van der Waals surface area contributed by atoms with Gasteiger partial charge in [0.2, 0.25) is 11.8 Å². The Morgan fingerprint density at radius 2 is 1.75 bits per heavy atom. The van der Waals surface area contributed by atoms with Gasteiger partial charge in [-0.05, 0) is 43.2 Å². The molecular formula is C22H23N3O2S. The van der Waals surface area contributed by atoms with E-state index >= 15 is 0 Å². The predicted octanol–water partition coefficient (Wildman–Crippen LogP) is 5.04. The maximum atomic E-state index is 12.3. The molecule has 0 aliphatic heterocycles. The van der Waals surface area contributed by atoms with Crippen LogP contribution in [0.4, 0.5) is 11.4 Å². The van der Waals surface area contributed by atoms with E-state index in [1.165, 1.54) is 11.3 Å². The maximum Gasteiger partial charge on any atom is 0.231 e. The lowest BCUT2D eigenvalue weighted by molar-refractivity contribution is -0.116. The molecule has 3 rings (SSSR count). The van der Waals surface area contributed by atoms with Crippen LogP contribution in [0.2, 0.25) is 0 Å². The summed E-state index contributed by atoms with van der Waals surface area (Å²) >= 11 is 1.47. The van der Waals surface area contributed by atoms with Gasteiger partial charge in [0.1, 0.15) is 5.01 Å². The lowest BCUT2D eigenvalue weighted by Crippen LogP contribution is -2.14. The Morgan fingerprint density at radius 1 is 1.00 bits per heavy atom. The fourth-order valence-corrected chi connectivity index (χ4v) is 3.57. The zero-order valence-electron chi connectivity index (χ0n) is 16.0. The number of anilines is 2. The average molecular weight is 394 g/mol. The van der Waals surface area contributed by atoms with Crippen LogP contribution in [-0.4, -0.2) is 16.8 Å². The van der Waals surface area contributed by atoms with Gasteiger partial charge in [0.15, 0.2) is 0 Å². The molecule has 0 aliphatic carbocycles. The van der Waals surface area contributed by atoms with E-state index in [1.54, 1.807) is 0 Å². The fraction of sp³-hybridized carbons (Fsp3) is 0.227. The van der Waals surface area contributed by atoms with Gasteiger partial charge in [-0.2, -0.15) is 0 Å². The minimum Gasteiger partial charge on any atom is -0.326 e. The van der Waals surface area contributed by atoms with Crippen molar-refractivity contribution in [1.82, 2.24) is 4.98 Å². The Labute approximate surface area is 168 Å². The molecule has 0 saturated carbocycles. The van der Waals surface area contributed by atoms with Crippen molar-refractivity contribution in [2.24, 2.45) is 0 Å². The molecular weight excluding hydrogens is 370 g/mol. The van der Waals surface area contributed by atoms with Crippen LogP contribution < -0.4 is 10.6 Å². The molecule has 0 spiro atoms. The van der Waals surface area contributed by atoms with Gasteiger partial charge in [-0.25, -0.2) is 4.98 Å². The minimum absolute atomic E-state index is 0.0193. The molecule has 2 amide bonds. The lowest BCUT2D eigenvalue weighted by atomic mass is 10.1. The number of aryl methyl sites for hydroxylation is 1. The SMILES string of the molecule is CCCC(=O)Nc1ccc(-c2csc(CC(=O)Nc3cccc(C)c3)n2)cc1. The molecule has 5 nitrogen and oxygen atoms in total. The number of carbonyl (C=O) groups excluding carboxylic acids is 2. The highest BCUT2D eigenvalue weighted by Gasteiger charge is 2.10. The van der Waals surface area contributed by atoms with E-state index in [2.05, 4.69) is 15.6 Å². The van der Waals surface area contributed by atoms with Gasteiger partial charge >= 0.3 is 0 Å². The Hall–Kier alpha value is -2.99. The van der Waals surface area contributed by atoms with E-state index in [-0.39, 0.29) is 18.2 Å². The normalized spacial score (nSPS) is 10.5. The van der Waals surface area contributed by atoms with Crippen molar-refractivity contribution >= 4 is 34.5 Å². The van der Waals surface area contributed by atoms with Crippen LogP contribution in [0.1, 0.15) is 30.3 Å². The van der Waals surface area contributed by atoms with Crippen LogP contribution >= 0.6 is 11.3 Å². The van der Waals surface area contributed by atoms with Gasteiger partial charge in [-0.3, -0.25) is 9.59 Å². The van der Waals surface area contributed by atoms with E-state index in [0.717, 1.165) is 39.6 Å². The quantitative estimate of drug-likeness (QED) is 0.591. The summed E-state index contributed by atoms with van der Waals surface area (Å²) in [6.45, 7) is 3.97. The van der Waals surface area contributed by atoms with Gasteiger partial charge in [0.05, 0.1) is 12.1 Å². The average Bonchev–Trinajstić information content (AvgIpc) is 3.11. The number of amides is 2. The second kappa shape index (κ2) is 9.28. The van der Waals surface area contributed by atoms with Crippen molar-refractivity contribution in [2.75, 3.05) is 10.6 Å². The molecule has 28 heavy (non-hydrogen) atoms. The summed E-state index contributed by atoms with van der Waals surface area (Å²) in [4.78, 5) is 28.5. The van der Waals surface area contributed by atoms with Gasteiger partial charge in [0.25, 0.3) is 0 Å². The van der Waals surface area contributed by atoms with Crippen LogP contribution in [0.3, 0.4) is 0 Å². The van der Waals surface area contributed by atoms with Crippen molar-refractivity contribution < 1.29 is 9.59 Å². The molecule has 0 bridgehead atoms. The Morgan fingerprint density at radius 3 is 2.46 bits per heavy atom. The van der Waals surface area contributed by atoms with E-state index in [1.807, 2.05) is 67.8 Å². The molecule has 144 valence electrons. The first-order valence-electron chi connectivity index (χ1n) is 9.24. The van der Waals surface area contributed by atoms with Crippen LogP contribution in [0.25, 0.3) is 11.3 Å². The standard InChI is InChI=1S/C22H23N3O2S/c1-3-5-20(26)23-17-10-8-16(9-11-17)19-14-28-22(25-19)13-21(27)24-18-7-4-6-15(2)12-18/h4,6-12,14H,3,5,13H2,1-2H3,(H,23,26)(H,24,27). The lowest BCUT2D eigenvalue weighted by Gasteiger charge is -2.05. The Kier molecular flexibility index (Phi) is 6.55. The molecule has 1 heterocycles. The third kappa shape index (κ3) is 5.50. The number of nitrogens with one attached hydrogen (secondary N) is 2. The van der Waals surface area contributed by atoms with Gasteiger partial charge < -0.3 is 10.6 Å². The summed E-state index contributed by atoms with van der Waals surface area (Å²) < 4.78 is 0. The summed E-state index contributed by atoms with van der Waals surface area (Å²) in [5.41, 5.74) is 4.45. The highest BCUT2D eigenvalue weighted by atomic mass is 32.1. The summed E-state index contributed by atoms with van der Waals surface area (Å²) in [5, 5.41) is 8.48. The van der Waals surface area contributed by atoms with Gasteiger partial charge in [-0.15, -0.1) is 11.3 Å². The van der Waals surface area contributed by atoms with E-state index in [9.17, 15) is 9.59 Å². The topological polar surface area (TPSA) is 71.1 Å². The van der Waals surface area contributed by atoms with Crippen LogP contribution in [-0.2, 0) is 16.0 Å². The summed E-state index contributed by atoms with van der Waals surface area (Å²) in [6.07, 6.45) is 1.58. The smallest absolute Gasteiger partial charge is 0.231 e. The van der Waals surface area contributed by atoms with E-state index < -0.39 is 0 Å². The van der Waals surface area contributed by atoms with Crippen molar-refractivity contribution in [3.05, 3.63) is 64.5 Å². The molecule has 1 aromatic heterocycles. The largest absolute Gasteiger partial charge is 0.326 e. The highest BCUT2D eigenvalue weighted by molar-refractivity contribution is 7.10. The first-order chi connectivity index (χ1) is 13.5. The van der Waals surface area contributed by atoms with Crippen molar-refractivity contribution in [3.8, 4) is 11.3 Å². The first kappa shape index (κ1) is 19.8. The molecule has 0 radical (unpaired) electrons. The van der Waals surface area contributed by atoms with Crippen LogP contribution in [0, 0.1) is 6.92 Å². The highest BCUT2D eigenvalue weighted by Crippen LogP contribution is 2.24. The van der Waals surface area contributed by atoms with Gasteiger partial charge in [-0.1, -0.05) is 31.2 Å². The number of carbonyl (C=O) groups is 2.